The Morgan fingerprint density at radius 1 is 0.297 bits per heavy atom. The van der Waals surface area contributed by atoms with Gasteiger partial charge >= 0.3 is 17.9 Å². The second-order valence-corrected chi connectivity index (χ2v) is 19.2. The molecule has 1 unspecified atom stereocenters. The third-order valence-electron chi connectivity index (χ3n) is 12.7. The molecule has 0 radical (unpaired) electrons. The van der Waals surface area contributed by atoms with Crippen molar-refractivity contribution in [1.82, 2.24) is 0 Å². The summed E-state index contributed by atoms with van der Waals surface area (Å²) >= 11 is 0. The fraction of sp³-hybridized carbons (Fsp3) is 0.879. The molecule has 0 amide bonds. The normalized spacial score (nSPS) is 12.1. The Bertz CT molecular complexity index is 1040. The maximum atomic E-state index is 12.8. The standard InChI is InChI=1S/C58H108O6/c1-4-7-10-13-16-19-21-23-25-26-27-28-29-30-31-32-34-35-37-39-42-45-48-51-57(60)63-54-55(53-62-56(59)50-47-44-41-18-15-12-9-6-3)64-58(61)52-49-46-43-40-38-36-33-24-22-20-17-14-11-8-5-2/h24,26-27,33,55H,4-23,25,28-32,34-54H2,1-3H3/b27-26-,33-24-. The van der Waals surface area contributed by atoms with Gasteiger partial charge in [0.1, 0.15) is 13.2 Å². The Kier molecular flexibility index (Phi) is 51.7. The van der Waals surface area contributed by atoms with E-state index in [0.29, 0.717) is 19.3 Å². The van der Waals surface area contributed by atoms with Gasteiger partial charge in [-0.25, -0.2) is 0 Å². The summed E-state index contributed by atoms with van der Waals surface area (Å²) in [5.41, 5.74) is 0. The number of carbonyl (C=O) groups excluding carboxylic acids is 3. The Balaban J connectivity index is 4.17. The van der Waals surface area contributed by atoms with Crippen LogP contribution >= 0.6 is 0 Å². The molecule has 0 aliphatic rings. The minimum atomic E-state index is -0.770. The van der Waals surface area contributed by atoms with Crippen LogP contribution < -0.4 is 0 Å². The van der Waals surface area contributed by atoms with Crippen LogP contribution in [0.25, 0.3) is 0 Å². The second-order valence-electron chi connectivity index (χ2n) is 19.2. The Morgan fingerprint density at radius 2 is 0.516 bits per heavy atom. The molecule has 6 nitrogen and oxygen atoms in total. The zero-order valence-electron chi connectivity index (χ0n) is 43.1. The van der Waals surface area contributed by atoms with E-state index in [1.807, 2.05) is 0 Å². The molecule has 0 N–H and O–H groups in total. The molecule has 0 heterocycles. The first-order valence-corrected chi connectivity index (χ1v) is 28.3. The lowest BCUT2D eigenvalue weighted by atomic mass is 10.0. The number of hydrogen-bond donors (Lipinski definition) is 0. The average molecular weight is 901 g/mol. The van der Waals surface area contributed by atoms with E-state index in [9.17, 15) is 14.4 Å². The van der Waals surface area contributed by atoms with Crippen molar-refractivity contribution >= 4 is 17.9 Å². The number of rotatable bonds is 52. The highest BCUT2D eigenvalue weighted by Gasteiger charge is 2.19. The number of hydrogen-bond acceptors (Lipinski definition) is 6. The second kappa shape index (κ2) is 53.5. The van der Waals surface area contributed by atoms with E-state index >= 15 is 0 Å². The van der Waals surface area contributed by atoms with Crippen LogP contribution in [0.4, 0.5) is 0 Å². The Hall–Kier alpha value is -2.11. The van der Waals surface area contributed by atoms with Crippen molar-refractivity contribution in [1.29, 1.82) is 0 Å². The first-order valence-electron chi connectivity index (χ1n) is 28.3. The maximum Gasteiger partial charge on any atom is 0.306 e. The Labute approximate surface area is 398 Å². The largest absolute Gasteiger partial charge is 0.462 e. The predicted octanol–water partition coefficient (Wildman–Crippen LogP) is 18.7. The van der Waals surface area contributed by atoms with Gasteiger partial charge in [-0.05, 0) is 70.6 Å². The van der Waals surface area contributed by atoms with Gasteiger partial charge in [-0.3, -0.25) is 14.4 Å². The van der Waals surface area contributed by atoms with Gasteiger partial charge in [-0.1, -0.05) is 244 Å². The minimum absolute atomic E-state index is 0.0714. The van der Waals surface area contributed by atoms with E-state index in [2.05, 4.69) is 45.1 Å². The summed E-state index contributed by atoms with van der Waals surface area (Å²) < 4.78 is 16.8. The van der Waals surface area contributed by atoms with Gasteiger partial charge < -0.3 is 14.2 Å². The molecule has 0 saturated heterocycles. The number of allylic oxidation sites excluding steroid dienone is 4. The summed E-state index contributed by atoms with van der Waals surface area (Å²) in [4.78, 5) is 37.9. The van der Waals surface area contributed by atoms with Gasteiger partial charge in [0.05, 0.1) is 0 Å². The smallest absolute Gasteiger partial charge is 0.306 e. The molecule has 0 rings (SSSR count). The van der Waals surface area contributed by atoms with Crippen LogP contribution in [-0.4, -0.2) is 37.2 Å². The quantitative estimate of drug-likeness (QED) is 0.0262. The van der Waals surface area contributed by atoms with E-state index in [0.717, 1.165) is 64.2 Å². The van der Waals surface area contributed by atoms with Gasteiger partial charge in [0.2, 0.25) is 0 Å². The summed E-state index contributed by atoms with van der Waals surface area (Å²) in [5.74, 6) is -0.870. The van der Waals surface area contributed by atoms with Crippen LogP contribution in [-0.2, 0) is 28.6 Å². The molecule has 0 bridgehead atoms. The molecule has 0 aliphatic carbocycles. The maximum absolute atomic E-state index is 12.8. The van der Waals surface area contributed by atoms with E-state index in [-0.39, 0.29) is 31.1 Å². The number of unbranched alkanes of at least 4 members (excludes halogenated alkanes) is 37. The third-order valence-corrected chi connectivity index (χ3v) is 12.7. The zero-order valence-corrected chi connectivity index (χ0v) is 43.1. The van der Waals surface area contributed by atoms with Gasteiger partial charge in [-0.2, -0.15) is 0 Å². The summed E-state index contributed by atoms with van der Waals surface area (Å²) in [6.07, 6.45) is 61.9. The summed E-state index contributed by atoms with van der Waals surface area (Å²) in [5, 5.41) is 0. The first kappa shape index (κ1) is 61.9. The molecule has 0 aromatic rings. The van der Waals surface area contributed by atoms with Crippen molar-refractivity contribution < 1.29 is 28.6 Å². The first-order chi connectivity index (χ1) is 31.5. The van der Waals surface area contributed by atoms with Gasteiger partial charge in [0, 0.05) is 19.3 Å². The van der Waals surface area contributed by atoms with Crippen molar-refractivity contribution in [2.24, 2.45) is 0 Å². The lowest BCUT2D eigenvalue weighted by molar-refractivity contribution is -0.167. The molecular formula is C58H108O6. The van der Waals surface area contributed by atoms with Crippen molar-refractivity contribution in [2.45, 2.75) is 316 Å². The molecular weight excluding hydrogens is 793 g/mol. The summed E-state index contributed by atoms with van der Waals surface area (Å²) in [7, 11) is 0. The fourth-order valence-electron chi connectivity index (χ4n) is 8.37. The van der Waals surface area contributed by atoms with Crippen molar-refractivity contribution in [2.75, 3.05) is 13.2 Å². The number of carbonyl (C=O) groups is 3. The number of ether oxygens (including phenoxy) is 3. The molecule has 0 aliphatic heterocycles. The average Bonchev–Trinajstić information content (AvgIpc) is 3.29. The van der Waals surface area contributed by atoms with Gasteiger partial charge in [0.25, 0.3) is 0 Å². The number of esters is 3. The topological polar surface area (TPSA) is 78.9 Å². The van der Waals surface area contributed by atoms with Crippen LogP contribution in [0.2, 0.25) is 0 Å². The molecule has 0 aromatic heterocycles. The minimum Gasteiger partial charge on any atom is -0.462 e. The predicted molar refractivity (Wildman–Crippen MR) is 275 cm³/mol. The van der Waals surface area contributed by atoms with Crippen molar-refractivity contribution in [3.63, 3.8) is 0 Å². The third kappa shape index (κ3) is 50.9. The molecule has 0 fully saturated rings. The van der Waals surface area contributed by atoms with Crippen LogP contribution in [0.5, 0.6) is 0 Å². The molecule has 64 heavy (non-hydrogen) atoms. The van der Waals surface area contributed by atoms with E-state index in [4.69, 9.17) is 14.2 Å². The monoisotopic (exact) mass is 901 g/mol. The molecule has 0 saturated carbocycles. The van der Waals surface area contributed by atoms with Gasteiger partial charge in [0.15, 0.2) is 6.10 Å². The fourth-order valence-corrected chi connectivity index (χ4v) is 8.37. The van der Waals surface area contributed by atoms with Crippen molar-refractivity contribution in [3.8, 4) is 0 Å². The highest BCUT2D eigenvalue weighted by molar-refractivity contribution is 5.71. The SMILES string of the molecule is CCCCCCCC/C=C\CCCCCCCC(=O)OC(COC(=O)CCCCCCCCCC)COC(=O)CCCCCCCCCCCCC/C=C\CCCCCCCCCC. The Morgan fingerprint density at radius 3 is 0.781 bits per heavy atom. The summed E-state index contributed by atoms with van der Waals surface area (Å²) in [6.45, 7) is 6.63. The lowest BCUT2D eigenvalue weighted by Gasteiger charge is -2.18. The highest BCUT2D eigenvalue weighted by atomic mass is 16.6. The van der Waals surface area contributed by atoms with E-state index < -0.39 is 6.10 Å². The van der Waals surface area contributed by atoms with Crippen molar-refractivity contribution in [3.05, 3.63) is 24.3 Å². The molecule has 376 valence electrons. The lowest BCUT2D eigenvalue weighted by Crippen LogP contribution is -2.30. The van der Waals surface area contributed by atoms with Crippen LogP contribution in [0.3, 0.4) is 0 Å². The van der Waals surface area contributed by atoms with Gasteiger partial charge in [-0.15, -0.1) is 0 Å². The zero-order chi connectivity index (χ0) is 46.5. The summed E-state index contributed by atoms with van der Waals surface area (Å²) in [6, 6.07) is 0. The highest BCUT2D eigenvalue weighted by Crippen LogP contribution is 2.16. The van der Waals surface area contributed by atoms with E-state index in [1.54, 1.807) is 0 Å². The molecule has 6 heteroatoms. The van der Waals surface area contributed by atoms with Crippen LogP contribution in [0.15, 0.2) is 24.3 Å². The van der Waals surface area contributed by atoms with Crippen LogP contribution in [0.1, 0.15) is 310 Å². The molecule has 0 aromatic carbocycles. The molecule has 0 spiro atoms. The van der Waals surface area contributed by atoms with E-state index in [1.165, 1.54) is 205 Å². The van der Waals surface area contributed by atoms with Crippen LogP contribution in [0, 0.1) is 0 Å². The molecule has 1 atom stereocenters.